The van der Waals surface area contributed by atoms with E-state index in [1.807, 2.05) is 30.3 Å². The van der Waals surface area contributed by atoms with Crippen molar-refractivity contribution in [3.05, 3.63) is 81.7 Å². The average Bonchev–Trinajstić information content (AvgIpc) is 2.74. The van der Waals surface area contributed by atoms with Crippen LogP contribution in [-0.4, -0.2) is 23.7 Å². The number of halogens is 2. The predicted octanol–water partition coefficient (Wildman–Crippen LogP) is 5.48. The Morgan fingerprint density at radius 1 is 1.14 bits per heavy atom. The van der Waals surface area contributed by atoms with Crippen LogP contribution in [0.15, 0.2) is 55.0 Å². The normalized spacial score (nSPS) is 11.0. The molecule has 0 radical (unpaired) electrons. The molecule has 29 heavy (non-hydrogen) atoms. The van der Waals surface area contributed by atoms with Crippen molar-refractivity contribution < 1.29 is 9.47 Å². The molecule has 0 bridgehead atoms. The summed E-state index contributed by atoms with van der Waals surface area (Å²) in [6.07, 6.45) is 6.82. The van der Waals surface area contributed by atoms with Gasteiger partial charge in [0, 0.05) is 36.1 Å². The van der Waals surface area contributed by atoms with Gasteiger partial charge in [0.15, 0.2) is 5.75 Å². The highest BCUT2D eigenvalue weighted by Crippen LogP contribution is 2.31. The summed E-state index contributed by atoms with van der Waals surface area (Å²) < 4.78 is 11.2. The Kier molecular flexibility index (Phi) is 7.07. The molecule has 146 valence electrons. The van der Waals surface area contributed by atoms with Gasteiger partial charge in [-0.15, -0.1) is 0 Å². The van der Waals surface area contributed by atoms with Crippen LogP contribution in [0, 0.1) is 11.3 Å². The molecule has 0 fully saturated rings. The van der Waals surface area contributed by atoms with Crippen LogP contribution < -0.4 is 9.47 Å². The zero-order valence-corrected chi connectivity index (χ0v) is 17.1. The Hall–Kier alpha value is -3.07. The highest BCUT2D eigenvalue weighted by atomic mass is 35.5. The van der Waals surface area contributed by atoms with E-state index in [9.17, 15) is 5.26 Å². The van der Waals surface area contributed by atoms with E-state index in [4.69, 9.17) is 32.7 Å². The first kappa shape index (κ1) is 20.7. The summed E-state index contributed by atoms with van der Waals surface area (Å²) in [6.45, 7) is 0.444. The molecule has 3 aromatic rings. The topological polar surface area (TPSA) is 68.0 Å². The summed E-state index contributed by atoms with van der Waals surface area (Å²) in [4.78, 5) is 8.18. The van der Waals surface area contributed by atoms with E-state index in [1.54, 1.807) is 18.3 Å². The van der Waals surface area contributed by atoms with Crippen molar-refractivity contribution in [1.29, 1.82) is 5.26 Å². The van der Waals surface area contributed by atoms with Crippen LogP contribution in [-0.2, 0) is 6.42 Å². The van der Waals surface area contributed by atoms with Gasteiger partial charge in [0.25, 0.3) is 5.88 Å². The van der Waals surface area contributed by atoms with Gasteiger partial charge in [-0.25, -0.2) is 4.98 Å². The van der Waals surface area contributed by atoms with Gasteiger partial charge in [0.1, 0.15) is 0 Å². The van der Waals surface area contributed by atoms with Crippen molar-refractivity contribution >= 4 is 34.9 Å². The van der Waals surface area contributed by atoms with E-state index >= 15 is 0 Å². The number of hydrogen-bond donors (Lipinski definition) is 0. The molecule has 0 spiro atoms. The number of aromatic nitrogens is 2. The van der Waals surface area contributed by atoms with E-state index in [2.05, 4.69) is 16.0 Å². The Morgan fingerprint density at radius 3 is 2.52 bits per heavy atom. The first-order valence-corrected chi connectivity index (χ1v) is 9.50. The maximum atomic E-state index is 9.64. The van der Waals surface area contributed by atoms with Gasteiger partial charge in [-0.05, 0) is 17.7 Å². The molecule has 7 heteroatoms. The van der Waals surface area contributed by atoms with E-state index in [0.29, 0.717) is 45.0 Å². The maximum absolute atomic E-state index is 9.64. The lowest BCUT2D eigenvalue weighted by Gasteiger charge is -2.11. The molecule has 0 N–H and O–H groups in total. The van der Waals surface area contributed by atoms with Crippen molar-refractivity contribution in [2.45, 2.75) is 6.42 Å². The number of rotatable bonds is 7. The lowest BCUT2D eigenvalue weighted by molar-refractivity contribution is 0.291. The molecule has 0 aliphatic rings. The van der Waals surface area contributed by atoms with Crippen molar-refractivity contribution in [1.82, 2.24) is 9.97 Å². The third-order valence-corrected chi connectivity index (χ3v) is 4.72. The lowest BCUT2D eigenvalue weighted by atomic mass is 10.1. The third-order valence-electron chi connectivity index (χ3n) is 4.11. The second-order valence-corrected chi connectivity index (χ2v) is 6.82. The van der Waals surface area contributed by atoms with E-state index < -0.39 is 0 Å². The number of ether oxygens (including phenoxy) is 2. The van der Waals surface area contributed by atoms with Crippen LogP contribution in [0.3, 0.4) is 0 Å². The quantitative estimate of drug-likeness (QED) is 0.468. The van der Waals surface area contributed by atoms with Crippen LogP contribution in [0.2, 0.25) is 10.0 Å². The zero-order chi connectivity index (χ0) is 20.6. The average molecular weight is 426 g/mol. The van der Waals surface area contributed by atoms with Crippen LogP contribution in [0.1, 0.15) is 16.7 Å². The minimum absolute atomic E-state index is 0.336. The summed E-state index contributed by atoms with van der Waals surface area (Å²) in [5.41, 5.74) is 2.58. The SMILES string of the molecule is COc1ncc(/C(C#N)=C/c2c(Cl)cncc2Cl)cc1OCCc1ccccc1. The summed E-state index contributed by atoms with van der Waals surface area (Å²) >= 11 is 12.3. The fourth-order valence-corrected chi connectivity index (χ4v) is 3.12. The number of hydrogen-bond acceptors (Lipinski definition) is 5. The standard InChI is InChI=1S/C22H17Cl2N3O2/c1-28-22-21(29-8-7-15-5-3-2-4-6-15)10-17(12-27-22)16(11-25)9-18-19(23)13-26-14-20(18)24/h2-6,9-10,12-14H,7-8H2,1H3/b16-9+. The number of nitrogens with zero attached hydrogens (tertiary/aromatic N) is 3. The minimum Gasteiger partial charge on any atom is -0.488 e. The smallest absolute Gasteiger partial charge is 0.256 e. The van der Waals surface area contributed by atoms with Gasteiger partial charge in [-0.2, -0.15) is 5.26 Å². The van der Waals surface area contributed by atoms with Crippen LogP contribution in [0.5, 0.6) is 11.6 Å². The molecule has 0 aliphatic heterocycles. The monoisotopic (exact) mass is 425 g/mol. The lowest BCUT2D eigenvalue weighted by Crippen LogP contribution is -2.04. The fourth-order valence-electron chi connectivity index (χ4n) is 2.64. The number of nitriles is 1. The molecule has 2 aromatic heterocycles. The molecule has 3 rings (SSSR count). The molecule has 0 saturated heterocycles. The first-order chi connectivity index (χ1) is 14.1. The number of allylic oxidation sites excluding steroid dienone is 1. The van der Waals surface area contributed by atoms with Crippen molar-refractivity contribution in [2.24, 2.45) is 0 Å². The van der Waals surface area contributed by atoms with Gasteiger partial charge >= 0.3 is 0 Å². The Balaban J connectivity index is 1.86. The number of pyridine rings is 2. The second-order valence-electron chi connectivity index (χ2n) is 6.00. The van der Waals surface area contributed by atoms with Crippen molar-refractivity contribution in [2.75, 3.05) is 13.7 Å². The van der Waals surface area contributed by atoms with Gasteiger partial charge < -0.3 is 9.47 Å². The van der Waals surface area contributed by atoms with Crippen molar-refractivity contribution in [3.8, 4) is 17.7 Å². The summed E-state index contributed by atoms with van der Waals surface area (Å²) in [5, 5.41) is 10.4. The van der Waals surface area contributed by atoms with E-state index in [0.717, 1.165) is 12.0 Å². The predicted molar refractivity (Wildman–Crippen MR) is 114 cm³/mol. The van der Waals surface area contributed by atoms with Gasteiger partial charge in [0.2, 0.25) is 0 Å². The highest BCUT2D eigenvalue weighted by molar-refractivity contribution is 6.37. The molecule has 5 nitrogen and oxygen atoms in total. The second kappa shape index (κ2) is 9.92. The number of benzene rings is 1. The molecule has 0 saturated carbocycles. The Morgan fingerprint density at radius 2 is 1.86 bits per heavy atom. The van der Waals surface area contributed by atoms with Crippen molar-refractivity contribution in [3.63, 3.8) is 0 Å². The number of methoxy groups -OCH3 is 1. The Labute approximate surface area is 179 Å². The molecule has 0 unspecified atom stereocenters. The van der Waals surface area contributed by atoms with Crippen LogP contribution in [0.25, 0.3) is 11.6 Å². The van der Waals surface area contributed by atoms with E-state index in [1.165, 1.54) is 19.5 Å². The molecular weight excluding hydrogens is 409 g/mol. The molecule has 2 heterocycles. The molecular formula is C22H17Cl2N3O2. The largest absolute Gasteiger partial charge is 0.488 e. The third kappa shape index (κ3) is 5.26. The summed E-state index contributed by atoms with van der Waals surface area (Å²) in [6, 6.07) is 13.9. The molecule has 0 atom stereocenters. The highest BCUT2D eigenvalue weighted by Gasteiger charge is 2.12. The van der Waals surface area contributed by atoms with Gasteiger partial charge in [-0.3, -0.25) is 4.98 Å². The minimum atomic E-state index is 0.336. The van der Waals surface area contributed by atoms with Gasteiger partial charge in [-0.1, -0.05) is 53.5 Å². The first-order valence-electron chi connectivity index (χ1n) is 8.74. The molecule has 1 aromatic carbocycles. The fraction of sp³-hybridized carbons (Fsp3) is 0.136. The van der Waals surface area contributed by atoms with Crippen LogP contribution >= 0.6 is 23.2 Å². The Bertz CT molecular complexity index is 1040. The molecule has 0 aliphatic carbocycles. The maximum Gasteiger partial charge on any atom is 0.256 e. The van der Waals surface area contributed by atoms with Crippen LogP contribution in [0.4, 0.5) is 0 Å². The van der Waals surface area contributed by atoms with Gasteiger partial charge in [0.05, 0.1) is 35.4 Å². The summed E-state index contributed by atoms with van der Waals surface area (Å²) in [5.74, 6) is 0.799. The zero-order valence-electron chi connectivity index (χ0n) is 15.6. The molecule has 0 amide bonds. The summed E-state index contributed by atoms with van der Waals surface area (Å²) in [7, 11) is 1.52. The van der Waals surface area contributed by atoms with E-state index in [-0.39, 0.29) is 0 Å².